The van der Waals surface area contributed by atoms with E-state index in [2.05, 4.69) is 6.92 Å². The van der Waals surface area contributed by atoms with Crippen LogP contribution in [0.15, 0.2) is 18.2 Å². The Kier molecular flexibility index (Phi) is 7.00. The number of hydrogen-bond donors (Lipinski definition) is 0. The molecule has 0 saturated carbocycles. The Bertz CT molecular complexity index is 383. The third kappa shape index (κ3) is 4.44. The van der Waals surface area contributed by atoms with E-state index in [0.29, 0.717) is 11.1 Å². The Morgan fingerprint density at radius 2 is 1.67 bits per heavy atom. The maximum atomic E-state index is 10.9. The summed E-state index contributed by atoms with van der Waals surface area (Å²) in [6, 6.07) is 5.30. The van der Waals surface area contributed by atoms with Crippen molar-refractivity contribution in [3.05, 3.63) is 34.9 Å². The van der Waals surface area contributed by atoms with Gasteiger partial charge in [-0.05, 0) is 18.4 Å². The lowest BCUT2D eigenvalue weighted by Gasteiger charge is -2.06. The number of unbranched alkanes of at least 4 members (excludes halogenated alkanes) is 5. The van der Waals surface area contributed by atoms with E-state index in [0.717, 1.165) is 18.4 Å². The van der Waals surface area contributed by atoms with Crippen molar-refractivity contribution in [2.75, 3.05) is 0 Å². The van der Waals surface area contributed by atoms with Crippen LogP contribution in [0.2, 0.25) is 0 Å². The number of aryl methyl sites for hydroxylation is 1. The lowest BCUT2D eigenvalue weighted by atomic mass is 9.97. The maximum absolute atomic E-state index is 10.9. The van der Waals surface area contributed by atoms with Crippen LogP contribution in [-0.2, 0) is 16.0 Å². The van der Waals surface area contributed by atoms with E-state index in [1.165, 1.54) is 32.1 Å². The summed E-state index contributed by atoms with van der Waals surface area (Å²) in [6.07, 6.45) is 11.8. The van der Waals surface area contributed by atoms with Gasteiger partial charge in [-0.15, -0.1) is 0 Å². The molecule has 0 saturated heterocycles. The van der Waals surface area contributed by atoms with Gasteiger partial charge in [0.1, 0.15) is 0 Å². The Labute approximate surface area is 109 Å². The first-order chi connectivity index (χ1) is 8.83. The molecule has 0 N–H and O–H groups in total. The van der Waals surface area contributed by atoms with Crippen molar-refractivity contribution in [3.8, 4) is 0 Å². The molecule has 0 unspecified atom stereocenters. The van der Waals surface area contributed by atoms with Gasteiger partial charge in [0.05, 0.1) is 0 Å². The van der Waals surface area contributed by atoms with Crippen molar-refractivity contribution in [2.45, 2.75) is 51.9 Å². The topological polar surface area (TPSA) is 34.1 Å². The maximum Gasteiger partial charge on any atom is 0.234 e. The summed E-state index contributed by atoms with van der Waals surface area (Å²) in [5, 5.41) is 0. The van der Waals surface area contributed by atoms with Crippen molar-refractivity contribution in [2.24, 2.45) is 0 Å². The van der Waals surface area contributed by atoms with Crippen LogP contribution in [0.4, 0.5) is 0 Å². The molecule has 0 spiro atoms. The molecule has 18 heavy (non-hydrogen) atoms. The highest BCUT2D eigenvalue weighted by Gasteiger charge is 2.07. The van der Waals surface area contributed by atoms with Crippen LogP contribution in [-0.4, -0.2) is 12.6 Å². The second kappa shape index (κ2) is 8.62. The van der Waals surface area contributed by atoms with Crippen LogP contribution in [0.1, 0.15) is 62.1 Å². The SMILES string of the molecule is CCCCCCCCc1cccc([C]=O)c1[C]=O. The first kappa shape index (κ1) is 14.6. The minimum Gasteiger partial charge on any atom is -0.285 e. The molecule has 0 aliphatic heterocycles. The quantitative estimate of drug-likeness (QED) is 0.623. The molecule has 0 aromatic heterocycles. The summed E-state index contributed by atoms with van der Waals surface area (Å²) < 4.78 is 0. The third-order valence-corrected chi connectivity index (χ3v) is 3.16. The van der Waals surface area contributed by atoms with E-state index in [-0.39, 0.29) is 0 Å². The fourth-order valence-electron chi connectivity index (χ4n) is 2.11. The molecule has 2 radical (unpaired) electrons. The van der Waals surface area contributed by atoms with E-state index in [9.17, 15) is 9.59 Å². The zero-order valence-corrected chi connectivity index (χ0v) is 11.0. The molecule has 1 aromatic carbocycles. The lowest BCUT2D eigenvalue weighted by Crippen LogP contribution is -1.99. The molecule has 2 heteroatoms. The van der Waals surface area contributed by atoms with E-state index in [1.54, 1.807) is 18.4 Å². The van der Waals surface area contributed by atoms with Gasteiger partial charge in [-0.2, -0.15) is 0 Å². The van der Waals surface area contributed by atoms with E-state index < -0.39 is 0 Å². The highest BCUT2D eigenvalue weighted by Crippen LogP contribution is 2.15. The number of hydrogen-bond acceptors (Lipinski definition) is 2. The first-order valence-electron chi connectivity index (χ1n) is 6.71. The summed E-state index contributed by atoms with van der Waals surface area (Å²) in [4.78, 5) is 21.6. The molecule has 0 amide bonds. The number of benzene rings is 1. The van der Waals surface area contributed by atoms with Gasteiger partial charge in [-0.3, -0.25) is 9.59 Å². The normalized spacial score (nSPS) is 10.3. The predicted octanol–water partition coefficient (Wildman–Crippen LogP) is 3.51. The van der Waals surface area contributed by atoms with Gasteiger partial charge >= 0.3 is 0 Å². The molecule has 1 aromatic rings. The van der Waals surface area contributed by atoms with Gasteiger partial charge in [-0.25, -0.2) is 0 Å². The fourth-order valence-corrected chi connectivity index (χ4v) is 2.11. The lowest BCUT2D eigenvalue weighted by molar-refractivity contribution is 0.557. The van der Waals surface area contributed by atoms with Crippen LogP contribution >= 0.6 is 0 Å². The van der Waals surface area contributed by atoms with E-state index >= 15 is 0 Å². The summed E-state index contributed by atoms with van der Waals surface area (Å²) >= 11 is 0. The zero-order chi connectivity index (χ0) is 13.2. The van der Waals surface area contributed by atoms with Crippen molar-refractivity contribution >= 4 is 12.6 Å². The number of rotatable bonds is 9. The zero-order valence-electron chi connectivity index (χ0n) is 11.0. The highest BCUT2D eigenvalue weighted by molar-refractivity contribution is 5.92. The molecule has 0 heterocycles. The monoisotopic (exact) mass is 244 g/mol. The summed E-state index contributed by atoms with van der Waals surface area (Å²) in [6.45, 7) is 2.20. The minimum absolute atomic E-state index is 0.327. The minimum atomic E-state index is 0.327. The van der Waals surface area contributed by atoms with E-state index in [1.807, 2.05) is 12.4 Å². The van der Waals surface area contributed by atoms with Crippen LogP contribution in [0.5, 0.6) is 0 Å². The number of carbonyl (C=O) groups excluding carboxylic acids is 2. The average molecular weight is 244 g/mol. The molecular formula is C16H20O2. The molecule has 1 rings (SSSR count). The van der Waals surface area contributed by atoms with Crippen molar-refractivity contribution in [3.63, 3.8) is 0 Å². The molecule has 0 bridgehead atoms. The highest BCUT2D eigenvalue weighted by atomic mass is 16.1. The van der Waals surface area contributed by atoms with Gasteiger partial charge < -0.3 is 0 Å². The predicted molar refractivity (Wildman–Crippen MR) is 73.1 cm³/mol. The van der Waals surface area contributed by atoms with Gasteiger partial charge in [0.2, 0.25) is 12.6 Å². The van der Waals surface area contributed by atoms with Crippen LogP contribution in [0.25, 0.3) is 0 Å². The van der Waals surface area contributed by atoms with Gasteiger partial charge in [0, 0.05) is 11.1 Å². The first-order valence-corrected chi connectivity index (χ1v) is 6.71. The molecule has 0 fully saturated rings. The molecule has 0 aliphatic carbocycles. The second-order valence-corrected chi connectivity index (χ2v) is 4.56. The van der Waals surface area contributed by atoms with Crippen molar-refractivity contribution < 1.29 is 9.59 Å². The Morgan fingerprint density at radius 1 is 0.944 bits per heavy atom. The van der Waals surface area contributed by atoms with Crippen LogP contribution < -0.4 is 0 Å². The van der Waals surface area contributed by atoms with Gasteiger partial charge in [-0.1, -0.05) is 57.2 Å². The Hall–Kier alpha value is -1.44. The summed E-state index contributed by atoms with van der Waals surface area (Å²) in [5.41, 5.74) is 1.64. The Morgan fingerprint density at radius 3 is 2.33 bits per heavy atom. The molecule has 0 aliphatic rings. The molecule has 96 valence electrons. The summed E-state index contributed by atoms with van der Waals surface area (Å²) in [5.74, 6) is 0. The van der Waals surface area contributed by atoms with E-state index in [4.69, 9.17) is 0 Å². The van der Waals surface area contributed by atoms with Gasteiger partial charge in [0.25, 0.3) is 0 Å². The Balaban J connectivity index is 2.46. The largest absolute Gasteiger partial charge is 0.285 e. The fraction of sp³-hybridized carbons (Fsp3) is 0.500. The van der Waals surface area contributed by atoms with Crippen LogP contribution in [0.3, 0.4) is 0 Å². The second-order valence-electron chi connectivity index (χ2n) is 4.56. The average Bonchev–Trinajstić information content (AvgIpc) is 2.42. The molecular weight excluding hydrogens is 224 g/mol. The molecule has 0 atom stereocenters. The third-order valence-electron chi connectivity index (χ3n) is 3.16. The van der Waals surface area contributed by atoms with Gasteiger partial charge in [0.15, 0.2) is 0 Å². The smallest absolute Gasteiger partial charge is 0.234 e. The molecule has 2 nitrogen and oxygen atoms in total. The van der Waals surface area contributed by atoms with Crippen molar-refractivity contribution in [1.82, 2.24) is 0 Å². The standard InChI is InChI=1S/C16H20O2/c1-2-3-4-5-6-7-9-14-10-8-11-15(12-17)16(14)13-18/h8,10-11H,2-7,9H2,1H3. The van der Waals surface area contributed by atoms with Crippen LogP contribution in [0, 0.1) is 0 Å². The summed E-state index contributed by atoms with van der Waals surface area (Å²) in [7, 11) is 0. The van der Waals surface area contributed by atoms with Crippen molar-refractivity contribution in [1.29, 1.82) is 0 Å².